The van der Waals surface area contributed by atoms with Gasteiger partial charge in [0.15, 0.2) is 0 Å². The molecule has 0 spiro atoms. The van der Waals surface area contributed by atoms with E-state index >= 15 is 0 Å². The Balaban J connectivity index is 2.06. The Morgan fingerprint density at radius 2 is 2.13 bits per heavy atom. The SMILES string of the molecule is CNc1ncc2c(n1)N(C)C(=O)N(c1cc(C=O)ccc1C)C2. The quantitative estimate of drug-likeness (QED) is 0.879. The molecule has 1 aromatic heterocycles. The molecule has 2 heterocycles. The first-order chi connectivity index (χ1) is 11.0. The third-order valence-corrected chi connectivity index (χ3v) is 3.89. The van der Waals surface area contributed by atoms with E-state index in [1.54, 1.807) is 37.3 Å². The average molecular weight is 311 g/mol. The average Bonchev–Trinajstić information content (AvgIpc) is 2.58. The molecule has 0 atom stereocenters. The number of amides is 2. The van der Waals surface area contributed by atoms with Crippen molar-refractivity contribution in [2.24, 2.45) is 0 Å². The summed E-state index contributed by atoms with van der Waals surface area (Å²) >= 11 is 0. The van der Waals surface area contributed by atoms with Crippen LogP contribution in [0.15, 0.2) is 24.4 Å². The van der Waals surface area contributed by atoms with Gasteiger partial charge in [-0.1, -0.05) is 12.1 Å². The number of aryl methyl sites for hydroxylation is 1. The topological polar surface area (TPSA) is 78.4 Å². The van der Waals surface area contributed by atoms with Gasteiger partial charge in [-0.2, -0.15) is 4.98 Å². The van der Waals surface area contributed by atoms with Gasteiger partial charge in [0.1, 0.15) is 12.1 Å². The zero-order valence-corrected chi connectivity index (χ0v) is 13.2. The number of anilines is 3. The lowest BCUT2D eigenvalue weighted by molar-refractivity contribution is 0.112. The van der Waals surface area contributed by atoms with Crippen molar-refractivity contribution in [1.29, 1.82) is 0 Å². The highest BCUT2D eigenvalue weighted by Gasteiger charge is 2.31. The predicted octanol–water partition coefficient (Wildman–Crippen LogP) is 2.22. The van der Waals surface area contributed by atoms with Crippen LogP contribution < -0.4 is 15.1 Å². The number of hydrogen-bond acceptors (Lipinski definition) is 5. The lowest BCUT2D eigenvalue weighted by atomic mass is 10.1. The van der Waals surface area contributed by atoms with E-state index in [9.17, 15) is 9.59 Å². The van der Waals surface area contributed by atoms with Crippen molar-refractivity contribution in [2.45, 2.75) is 13.5 Å². The summed E-state index contributed by atoms with van der Waals surface area (Å²) in [5, 5.41) is 2.87. The van der Waals surface area contributed by atoms with Crippen molar-refractivity contribution >= 4 is 29.8 Å². The van der Waals surface area contributed by atoms with E-state index in [-0.39, 0.29) is 6.03 Å². The highest BCUT2D eigenvalue weighted by atomic mass is 16.2. The van der Waals surface area contributed by atoms with E-state index in [1.165, 1.54) is 4.90 Å². The summed E-state index contributed by atoms with van der Waals surface area (Å²) in [6.45, 7) is 2.28. The zero-order chi connectivity index (χ0) is 16.6. The molecule has 0 radical (unpaired) electrons. The van der Waals surface area contributed by atoms with Gasteiger partial charge in [0.05, 0.1) is 6.54 Å². The van der Waals surface area contributed by atoms with Gasteiger partial charge >= 0.3 is 6.03 Å². The Morgan fingerprint density at radius 3 is 2.83 bits per heavy atom. The number of hydrogen-bond donors (Lipinski definition) is 1. The fourth-order valence-electron chi connectivity index (χ4n) is 2.61. The summed E-state index contributed by atoms with van der Waals surface area (Å²) in [7, 11) is 3.41. The number of rotatable bonds is 3. The fraction of sp³-hybridized carbons (Fsp3) is 0.250. The molecule has 3 rings (SSSR count). The molecule has 7 nitrogen and oxygen atoms in total. The molecular weight excluding hydrogens is 294 g/mol. The van der Waals surface area contributed by atoms with Crippen LogP contribution >= 0.6 is 0 Å². The molecular formula is C16H17N5O2. The Kier molecular flexibility index (Phi) is 3.69. The van der Waals surface area contributed by atoms with Crippen LogP contribution in [-0.4, -0.2) is 36.4 Å². The van der Waals surface area contributed by atoms with E-state index in [1.807, 2.05) is 13.0 Å². The third kappa shape index (κ3) is 2.50. The van der Waals surface area contributed by atoms with Crippen LogP contribution in [-0.2, 0) is 6.54 Å². The minimum atomic E-state index is -0.190. The lowest BCUT2D eigenvalue weighted by Gasteiger charge is -2.34. The number of aromatic nitrogens is 2. The van der Waals surface area contributed by atoms with Crippen molar-refractivity contribution < 1.29 is 9.59 Å². The first-order valence-corrected chi connectivity index (χ1v) is 7.20. The summed E-state index contributed by atoms with van der Waals surface area (Å²) in [5.41, 5.74) is 3.03. The number of carbonyl (C=O) groups excluding carboxylic acids is 2. The summed E-state index contributed by atoms with van der Waals surface area (Å²) in [6, 6.07) is 5.11. The van der Waals surface area contributed by atoms with Crippen LogP contribution in [0.2, 0.25) is 0 Å². The molecule has 1 aliphatic heterocycles. The Hall–Kier alpha value is -2.96. The standard InChI is InChI=1S/C16H17N5O2/c1-10-4-5-11(9-22)6-13(10)21-8-12-7-18-15(17-2)19-14(12)20(3)16(21)23/h4-7,9H,8H2,1-3H3,(H,17,18,19). The zero-order valence-electron chi connectivity index (χ0n) is 13.2. The number of urea groups is 1. The monoisotopic (exact) mass is 311 g/mol. The molecule has 118 valence electrons. The first kappa shape index (κ1) is 15.0. The maximum atomic E-state index is 12.7. The minimum Gasteiger partial charge on any atom is -0.357 e. The predicted molar refractivity (Wildman–Crippen MR) is 88.1 cm³/mol. The Bertz CT molecular complexity index is 790. The van der Waals surface area contributed by atoms with E-state index in [2.05, 4.69) is 15.3 Å². The van der Waals surface area contributed by atoms with Crippen LogP contribution in [0, 0.1) is 6.92 Å². The van der Waals surface area contributed by atoms with Gasteiger partial charge in [0.25, 0.3) is 0 Å². The van der Waals surface area contributed by atoms with Crippen LogP contribution in [0.25, 0.3) is 0 Å². The highest BCUT2D eigenvalue weighted by molar-refractivity contribution is 6.05. The number of benzene rings is 1. The maximum Gasteiger partial charge on any atom is 0.330 e. The second-order valence-electron chi connectivity index (χ2n) is 5.38. The molecule has 1 aliphatic rings. The van der Waals surface area contributed by atoms with Crippen molar-refractivity contribution in [3.8, 4) is 0 Å². The summed E-state index contributed by atoms with van der Waals surface area (Å²) in [4.78, 5) is 35.4. The van der Waals surface area contributed by atoms with Crippen molar-refractivity contribution in [3.05, 3.63) is 41.1 Å². The van der Waals surface area contributed by atoms with Crippen molar-refractivity contribution in [2.75, 3.05) is 29.2 Å². The van der Waals surface area contributed by atoms with Gasteiger partial charge in [-0.05, 0) is 18.6 Å². The molecule has 0 saturated heterocycles. The molecule has 2 amide bonds. The number of nitrogens with one attached hydrogen (secondary N) is 1. The third-order valence-electron chi connectivity index (χ3n) is 3.89. The van der Waals surface area contributed by atoms with Gasteiger partial charge in [-0.3, -0.25) is 14.6 Å². The number of nitrogens with zero attached hydrogens (tertiary/aromatic N) is 4. The Labute approximate surface area is 134 Å². The van der Waals surface area contributed by atoms with E-state index in [4.69, 9.17) is 0 Å². The van der Waals surface area contributed by atoms with E-state index in [0.717, 1.165) is 23.1 Å². The second-order valence-corrected chi connectivity index (χ2v) is 5.38. The molecule has 0 saturated carbocycles. The smallest absolute Gasteiger partial charge is 0.330 e. The minimum absolute atomic E-state index is 0.190. The summed E-state index contributed by atoms with van der Waals surface area (Å²) in [6.07, 6.45) is 2.49. The van der Waals surface area contributed by atoms with Gasteiger partial charge in [-0.25, -0.2) is 9.78 Å². The number of carbonyl (C=O) groups is 2. The van der Waals surface area contributed by atoms with Crippen molar-refractivity contribution in [1.82, 2.24) is 9.97 Å². The fourth-order valence-corrected chi connectivity index (χ4v) is 2.61. The van der Waals surface area contributed by atoms with Crippen LogP contribution in [0.1, 0.15) is 21.5 Å². The molecule has 0 unspecified atom stereocenters. The second kappa shape index (κ2) is 5.68. The lowest BCUT2D eigenvalue weighted by Crippen LogP contribution is -2.46. The van der Waals surface area contributed by atoms with E-state index < -0.39 is 0 Å². The van der Waals surface area contributed by atoms with Gasteiger partial charge in [0, 0.05) is 37.1 Å². The summed E-state index contributed by atoms with van der Waals surface area (Å²) in [5.74, 6) is 1.06. The molecule has 1 N–H and O–H groups in total. The normalized spacial score (nSPS) is 13.8. The number of aldehydes is 1. The molecule has 23 heavy (non-hydrogen) atoms. The molecule has 2 aromatic rings. The summed E-state index contributed by atoms with van der Waals surface area (Å²) < 4.78 is 0. The molecule has 0 fully saturated rings. The first-order valence-electron chi connectivity index (χ1n) is 7.20. The molecule has 7 heteroatoms. The molecule has 0 bridgehead atoms. The molecule has 0 aliphatic carbocycles. The number of fused-ring (bicyclic) bond motifs is 1. The maximum absolute atomic E-state index is 12.7. The van der Waals surface area contributed by atoms with Crippen molar-refractivity contribution in [3.63, 3.8) is 0 Å². The highest BCUT2D eigenvalue weighted by Crippen LogP contribution is 2.31. The molecule has 1 aromatic carbocycles. The Morgan fingerprint density at radius 1 is 1.35 bits per heavy atom. The largest absolute Gasteiger partial charge is 0.357 e. The van der Waals surface area contributed by atoms with E-state index in [0.29, 0.717) is 23.9 Å². The van der Waals surface area contributed by atoms with Crippen LogP contribution in [0.5, 0.6) is 0 Å². The van der Waals surface area contributed by atoms with Gasteiger partial charge < -0.3 is 5.32 Å². The van der Waals surface area contributed by atoms with Crippen LogP contribution in [0.4, 0.5) is 22.2 Å². The van der Waals surface area contributed by atoms with Gasteiger partial charge in [0.2, 0.25) is 5.95 Å². The van der Waals surface area contributed by atoms with Gasteiger partial charge in [-0.15, -0.1) is 0 Å². The van der Waals surface area contributed by atoms with Crippen LogP contribution in [0.3, 0.4) is 0 Å².